The summed E-state index contributed by atoms with van der Waals surface area (Å²) in [6.07, 6.45) is 5.69. The van der Waals surface area contributed by atoms with Crippen LogP contribution in [0.1, 0.15) is 31.4 Å². The summed E-state index contributed by atoms with van der Waals surface area (Å²) >= 11 is 0. The Kier molecular flexibility index (Phi) is 3.56. The SMILES string of the molecule is Nc1cc(CCC2CCCCN2)[nH]c(=O)n1. The number of aromatic amines is 1. The van der Waals surface area contributed by atoms with Crippen molar-refractivity contribution in [1.82, 2.24) is 15.3 Å². The zero-order valence-corrected chi connectivity index (χ0v) is 9.33. The second-order valence-electron chi connectivity index (χ2n) is 4.32. The molecule has 0 bridgehead atoms. The monoisotopic (exact) mass is 222 g/mol. The highest BCUT2D eigenvalue weighted by molar-refractivity contribution is 5.27. The van der Waals surface area contributed by atoms with Gasteiger partial charge in [-0.2, -0.15) is 4.98 Å². The fourth-order valence-electron chi connectivity index (χ4n) is 2.16. The van der Waals surface area contributed by atoms with Crippen LogP contribution in [0.5, 0.6) is 0 Å². The van der Waals surface area contributed by atoms with Crippen LogP contribution in [0.15, 0.2) is 10.9 Å². The van der Waals surface area contributed by atoms with Gasteiger partial charge in [-0.3, -0.25) is 0 Å². The van der Waals surface area contributed by atoms with Gasteiger partial charge in [0.25, 0.3) is 0 Å². The van der Waals surface area contributed by atoms with Gasteiger partial charge in [0.2, 0.25) is 0 Å². The van der Waals surface area contributed by atoms with Crippen LogP contribution in [0.2, 0.25) is 0 Å². The summed E-state index contributed by atoms with van der Waals surface area (Å²) in [4.78, 5) is 17.4. The van der Waals surface area contributed by atoms with Crippen LogP contribution in [0.25, 0.3) is 0 Å². The van der Waals surface area contributed by atoms with E-state index < -0.39 is 0 Å². The highest BCUT2D eigenvalue weighted by atomic mass is 16.1. The molecule has 1 aromatic heterocycles. The molecule has 0 radical (unpaired) electrons. The first-order valence-electron chi connectivity index (χ1n) is 5.83. The van der Waals surface area contributed by atoms with Crippen molar-refractivity contribution in [3.8, 4) is 0 Å². The van der Waals surface area contributed by atoms with Crippen molar-refractivity contribution in [3.63, 3.8) is 0 Å². The molecule has 1 aliphatic heterocycles. The van der Waals surface area contributed by atoms with Crippen molar-refractivity contribution in [2.75, 3.05) is 12.3 Å². The van der Waals surface area contributed by atoms with Crippen LogP contribution < -0.4 is 16.7 Å². The average molecular weight is 222 g/mol. The molecule has 2 rings (SSSR count). The molecule has 1 atom stereocenters. The zero-order valence-electron chi connectivity index (χ0n) is 9.33. The Morgan fingerprint density at radius 2 is 2.38 bits per heavy atom. The van der Waals surface area contributed by atoms with Gasteiger partial charge in [0.1, 0.15) is 5.82 Å². The molecular weight excluding hydrogens is 204 g/mol. The van der Waals surface area contributed by atoms with Gasteiger partial charge in [0.05, 0.1) is 0 Å². The number of hydrogen-bond acceptors (Lipinski definition) is 4. The van der Waals surface area contributed by atoms with Crippen LogP contribution in [0.4, 0.5) is 5.82 Å². The molecule has 88 valence electrons. The van der Waals surface area contributed by atoms with Gasteiger partial charge in [-0.25, -0.2) is 4.79 Å². The first-order chi connectivity index (χ1) is 7.74. The van der Waals surface area contributed by atoms with Crippen LogP contribution in [-0.2, 0) is 6.42 Å². The second kappa shape index (κ2) is 5.12. The molecule has 5 heteroatoms. The summed E-state index contributed by atoms with van der Waals surface area (Å²) in [6.45, 7) is 1.11. The van der Waals surface area contributed by atoms with Crippen LogP contribution in [-0.4, -0.2) is 22.6 Å². The number of nitrogens with one attached hydrogen (secondary N) is 2. The molecule has 4 N–H and O–H groups in total. The minimum absolute atomic E-state index is 0.301. The maximum absolute atomic E-state index is 11.1. The molecule has 1 aromatic rings. The van der Waals surface area contributed by atoms with E-state index in [0.717, 1.165) is 25.1 Å². The summed E-state index contributed by atoms with van der Waals surface area (Å²) < 4.78 is 0. The second-order valence-corrected chi connectivity index (χ2v) is 4.32. The standard InChI is InChI=1S/C11H18N4O/c12-10-7-9(14-11(16)15-10)5-4-8-3-1-2-6-13-8/h7-8,13H,1-6H2,(H3,12,14,15,16). The van der Waals surface area contributed by atoms with Gasteiger partial charge in [0, 0.05) is 11.7 Å². The number of H-pyrrole nitrogens is 1. The third-order valence-electron chi connectivity index (χ3n) is 2.99. The Morgan fingerprint density at radius 1 is 1.50 bits per heavy atom. The number of nitrogen functional groups attached to an aromatic ring is 1. The summed E-state index contributed by atoms with van der Waals surface area (Å²) in [6, 6.07) is 2.32. The molecule has 0 aliphatic carbocycles. The van der Waals surface area contributed by atoms with Gasteiger partial charge in [-0.1, -0.05) is 6.42 Å². The molecule has 0 spiro atoms. The summed E-state index contributed by atoms with van der Waals surface area (Å²) in [5.41, 5.74) is 6.05. The summed E-state index contributed by atoms with van der Waals surface area (Å²) in [5, 5.41) is 3.48. The molecule has 1 saturated heterocycles. The highest BCUT2D eigenvalue weighted by Gasteiger charge is 2.12. The molecule has 1 aliphatic rings. The number of aryl methyl sites for hydroxylation is 1. The average Bonchev–Trinajstić information content (AvgIpc) is 2.27. The first kappa shape index (κ1) is 11.1. The highest BCUT2D eigenvalue weighted by Crippen LogP contribution is 2.12. The van der Waals surface area contributed by atoms with E-state index in [2.05, 4.69) is 15.3 Å². The van der Waals surface area contributed by atoms with E-state index in [9.17, 15) is 4.79 Å². The first-order valence-corrected chi connectivity index (χ1v) is 5.83. The van der Waals surface area contributed by atoms with E-state index in [0.29, 0.717) is 11.9 Å². The molecule has 5 nitrogen and oxygen atoms in total. The molecule has 0 saturated carbocycles. The molecule has 1 unspecified atom stereocenters. The van der Waals surface area contributed by atoms with Crippen molar-refractivity contribution < 1.29 is 0 Å². The number of nitrogens with zero attached hydrogens (tertiary/aromatic N) is 1. The van der Waals surface area contributed by atoms with Crippen molar-refractivity contribution in [1.29, 1.82) is 0 Å². The van der Waals surface area contributed by atoms with Crippen LogP contribution in [0.3, 0.4) is 0 Å². The third kappa shape index (κ3) is 3.06. The predicted octanol–water partition coefficient (Wildman–Crippen LogP) is 0.427. The van der Waals surface area contributed by atoms with E-state index >= 15 is 0 Å². The Labute approximate surface area is 94.5 Å². The van der Waals surface area contributed by atoms with Gasteiger partial charge in [-0.05, 0) is 38.3 Å². The fraction of sp³-hybridized carbons (Fsp3) is 0.636. The molecule has 1 fully saturated rings. The molecule has 0 amide bonds. The normalized spacial score (nSPS) is 20.9. The number of aromatic nitrogens is 2. The van der Waals surface area contributed by atoms with E-state index in [1.165, 1.54) is 19.3 Å². The van der Waals surface area contributed by atoms with E-state index in [-0.39, 0.29) is 5.69 Å². The third-order valence-corrected chi connectivity index (χ3v) is 2.99. The van der Waals surface area contributed by atoms with Gasteiger partial charge in [0.15, 0.2) is 0 Å². The number of rotatable bonds is 3. The fourth-order valence-corrected chi connectivity index (χ4v) is 2.16. The molecule has 2 heterocycles. The number of piperidine rings is 1. The van der Waals surface area contributed by atoms with E-state index in [1.807, 2.05) is 0 Å². The lowest BCUT2D eigenvalue weighted by molar-refractivity contribution is 0.382. The molecular formula is C11H18N4O. The minimum atomic E-state index is -0.355. The van der Waals surface area contributed by atoms with Gasteiger partial charge in [-0.15, -0.1) is 0 Å². The molecule has 16 heavy (non-hydrogen) atoms. The Balaban J connectivity index is 1.90. The van der Waals surface area contributed by atoms with Crippen LogP contribution >= 0.6 is 0 Å². The van der Waals surface area contributed by atoms with Gasteiger partial charge < -0.3 is 16.0 Å². The lowest BCUT2D eigenvalue weighted by atomic mass is 10.00. The van der Waals surface area contributed by atoms with Crippen LogP contribution in [0, 0.1) is 0 Å². The Morgan fingerprint density at radius 3 is 3.06 bits per heavy atom. The van der Waals surface area contributed by atoms with Gasteiger partial charge >= 0.3 is 5.69 Å². The lowest BCUT2D eigenvalue weighted by Gasteiger charge is -2.23. The van der Waals surface area contributed by atoms with Crippen molar-refractivity contribution in [2.24, 2.45) is 0 Å². The minimum Gasteiger partial charge on any atom is -0.383 e. The van der Waals surface area contributed by atoms with E-state index in [1.54, 1.807) is 6.07 Å². The number of anilines is 1. The molecule has 0 aromatic carbocycles. The topological polar surface area (TPSA) is 83.8 Å². The Bertz CT molecular complexity index is 395. The number of nitrogens with two attached hydrogens (primary N) is 1. The van der Waals surface area contributed by atoms with Crippen molar-refractivity contribution in [3.05, 3.63) is 22.2 Å². The predicted molar refractivity (Wildman–Crippen MR) is 63.2 cm³/mol. The van der Waals surface area contributed by atoms with Crippen molar-refractivity contribution >= 4 is 5.82 Å². The largest absolute Gasteiger partial charge is 0.383 e. The lowest BCUT2D eigenvalue weighted by Crippen LogP contribution is -2.34. The maximum Gasteiger partial charge on any atom is 0.347 e. The summed E-state index contributed by atoms with van der Waals surface area (Å²) in [7, 11) is 0. The summed E-state index contributed by atoms with van der Waals surface area (Å²) in [5.74, 6) is 0.301. The Hall–Kier alpha value is -1.36. The zero-order chi connectivity index (χ0) is 11.4. The quantitative estimate of drug-likeness (QED) is 0.692. The van der Waals surface area contributed by atoms with E-state index in [4.69, 9.17) is 5.73 Å². The smallest absolute Gasteiger partial charge is 0.347 e. The number of hydrogen-bond donors (Lipinski definition) is 3. The van der Waals surface area contributed by atoms with Crippen molar-refractivity contribution in [2.45, 2.75) is 38.1 Å². The maximum atomic E-state index is 11.1.